The van der Waals surface area contributed by atoms with Crippen LogP contribution in [-0.2, 0) is 0 Å². The third-order valence-corrected chi connectivity index (χ3v) is 3.92. The summed E-state index contributed by atoms with van der Waals surface area (Å²) in [5, 5.41) is 7.74. The predicted molar refractivity (Wildman–Crippen MR) is 51.0 cm³/mol. The summed E-state index contributed by atoms with van der Waals surface area (Å²) in [5.41, 5.74) is 1.09. The van der Waals surface area contributed by atoms with Crippen molar-refractivity contribution in [3.63, 3.8) is 0 Å². The Morgan fingerprint density at radius 2 is 2.29 bits per heavy atom. The molecule has 0 saturated carbocycles. The van der Waals surface area contributed by atoms with Crippen LogP contribution in [-0.4, -0.2) is 34.4 Å². The van der Waals surface area contributed by atoms with Gasteiger partial charge in [-0.1, -0.05) is 0 Å². The van der Waals surface area contributed by atoms with Gasteiger partial charge in [0.05, 0.1) is 0 Å². The van der Waals surface area contributed by atoms with E-state index in [1.165, 1.54) is 19.3 Å². The van der Waals surface area contributed by atoms with Gasteiger partial charge in [-0.05, 0) is 33.2 Å². The third-order valence-electron chi connectivity index (χ3n) is 3.92. The number of likely N-dealkylation sites (N-methyl/N-ethyl adjacent to an activating group) is 1. The van der Waals surface area contributed by atoms with Crippen molar-refractivity contribution >= 4 is 0 Å². The zero-order valence-corrected chi connectivity index (χ0v) is 8.60. The molecule has 0 radical (unpaired) electrons. The van der Waals surface area contributed by atoms with Crippen molar-refractivity contribution in [1.29, 1.82) is 0 Å². The van der Waals surface area contributed by atoms with Crippen LogP contribution in [0.4, 0.5) is 0 Å². The molecule has 14 heavy (non-hydrogen) atoms. The predicted octanol–water partition coefficient (Wildman–Crippen LogP) is 1.33. The Kier molecular flexibility index (Phi) is 1.68. The highest BCUT2D eigenvalue weighted by Gasteiger charge is 2.46. The van der Waals surface area contributed by atoms with Crippen molar-refractivity contribution in [3.05, 3.63) is 11.5 Å². The fourth-order valence-corrected chi connectivity index (χ4v) is 3.13. The average Bonchev–Trinajstić information content (AvgIpc) is 2.82. The lowest BCUT2D eigenvalue weighted by atomic mass is 9.86. The molecule has 1 aromatic heterocycles. The van der Waals surface area contributed by atoms with Crippen LogP contribution < -0.4 is 0 Å². The lowest BCUT2D eigenvalue weighted by Crippen LogP contribution is -2.25. The van der Waals surface area contributed by atoms with Gasteiger partial charge < -0.3 is 4.52 Å². The molecule has 76 valence electrons. The maximum Gasteiger partial charge on any atom is 0.157 e. The molecule has 2 fully saturated rings. The minimum Gasteiger partial charge on any atom is -0.342 e. The molecule has 2 aliphatic heterocycles. The Labute approximate surface area is 83.3 Å². The van der Waals surface area contributed by atoms with Crippen molar-refractivity contribution in [1.82, 2.24) is 15.3 Å². The van der Waals surface area contributed by atoms with Crippen LogP contribution in [0.1, 0.15) is 36.6 Å². The Balaban J connectivity index is 1.92. The molecule has 2 aliphatic rings. The summed E-state index contributed by atoms with van der Waals surface area (Å²) in [6.07, 6.45) is 3.89. The van der Waals surface area contributed by atoms with Crippen molar-refractivity contribution in [2.45, 2.75) is 44.2 Å². The van der Waals surface area contributed by atoms with Crippen molar-refractivity contribution in [3.8, 4) is 0 Å². The molecule has 0 amide bonds. The van der Waals surface area contributed by atoms with Gasteiger partial charge in [0.15, 0.2) is 5.76 Å². The number of fused-ring (bicyclic) bond motifs is 2. The highest BCUT2D eigenvalue weighted by Crippen LogP contribution is 2.45. The van der Waals surface area contributed by atoms with E-state index in [9.17, 15) is 0 Å². The molecule has 4 heteroatoms. The standard InChI is InChI=1S/C10H15N3O/c1-6-10(11-12-14-6)8-5-7-3-4-9(8)13(7)2/h7-9H,3-5H2,1-2H3. The van der Waals surface area contributed by atoms with Gasteiger partial charge >= 0.3 is 0 Å². The number of rotatable bonds is 1. The number of hydrogen-bond donors (Lipinski definition) is 0. The molecule has 0 N–H and O–H groups in total. The normalized spacial score (nSPS) is 36.9. The van der Waals surface area contributed by atoms with E-state index < -0.39 is 0 Å². The van der Waals surface area contributed by atoms with E-state index in [-0.39, 0.29) is 0 Å². The summed E-state index contributed by atoms with van der Waals surface area (Å²) in [4.78, 5) is 2.50. The molecular weight excluding hydrogens is 178 g/mol. The first-order valence-electron chi connectivity index (χ1n) is 5.28. The smallest absolute Gasteiger partial charge is 0.157 e. The molecule has 0 aliphatic carbocycles. The molecule has 0 aromatic carbocycles. The van der Waals surface area contributed by atoms with E-state index in [1.54, 1.807) is 0 Å². The number of hydrogen-bond acceptors (Lipinski definition) is 4. The monoisotopic (exact) mass is 193 g/mol. The zero-order valence-electron chi connectivity index (χ0n) is 8.60. The Hall–Kier alpha value is -0.900. The summed E-state index contributed by atoms with van der Waals surface area (Å²) >= 11 is 0. The summed E-state index contributed by atoms with van der Waals surface area (Å²) < 4.78 is 5.04. The Morgan fingerprint density at radius 3 is 2.79 bits per heavy atom. The highest BCUT2D eigenvalue weighted by atomic mass is 16.5. The topological polar surface area (TPSA) is 42.2 Å². The second-order valence-corrected chi connectivity index (χ2v) is 4.52. The fraction of sp³-hybridized carbons (Fsp3) is 0.800. The molecular formula is C10H15N3O. The largest absolute Gasteiger partial charge is 0.342 e. The molecule has 3 atom stereocenters. The number of aryl methyl sites for hydroxylation is 1. The number of nitrogens with zero attached hydrogens (tertiary/aromatic N) is 3. The van der Waals surface area contributed by atoms with Crippen molar-refractivity contribution in [2.24, 2.45) is 0 Å². The molecule has 3 rings (SSSR count). The van der Waals surface area contributed by atoms with E-state index >= 15 is 0 Å². The summed E-state index contributed by atoms with van der Waals surface area (Å²) in [6.45, 7) is 1.96. The van der Waals surface area contributed by atoms with Gasteiger partial charge in [0.1, 0.15) is 5.69 Å². The maximum absolute atomic E-state index is 5.04. The summed E-state index contributed by atoms with van der Waals surface area (Å²) in [6, 6.07) is 1.44. The molecule has 2 saturated heterocycles. The lowest BCUT2D eigenvalue weighted by molar-refractivity contribution is 0.306. The van der Waals surface area contributed by atoms with Crippen LogP contribution in [0.25, 0.3) is 0 Å². The fourth-order valence-electron chi connectivity index (χ4n) is 3.13. The van der Waals surface area contributed by atoms with Crippen LogP contribution in [0.2, 0.25) is 0 Å². The van der Waals surface area contributed by atoms with E-state index in [0.717, 1.165) is 17.5 Å². The molecule has 3 heterocycles. The SMILES string of the molecule is Cc1onnc1C1CC2CCC1N2C. The first-order valence-corrected chi connectivity index (χ1v) is 5.28. The van der Waals surface area contributed by atoms with Gasteiger partial charge in [0, 0.05) is 23.3 Å². The van der Waals surface area contributed by atoms with E-state index in [1.807, 2.05) is 6.92 Å². The van der Waals surface area contributed by atoms with Crippen LogP contribution in [0, 0.1) is 6.92 Å². The van der Waals surface area contributed by atoms with Crippen LogP contribution in [0.3, 0.4) is 0 Å². The second-order valence-electron chi connectivity index (χ2n) is 4.52. The van der Waals surface area contributed by atoms with E-state index in [4.69, 9.17) is 4.52 Å². The van der Waals surface area contributed by atoms with Crippen LogP contribution >= 0.6 is 0 Å². The number of aromatic nitrogens is 2. The van der Waals surface area contributed by atoms with Gasteiger partial charge in [-0.3, -0.25) is 4.90 Å². The zero-order chi connectivity index (χ0) is 9.71. The highest BCUT2D eigenvalue weighted by molar-refractivity contribution is 5.19. The first kappa shape index (κ1) is 8.41. The van der Waals surface area contributed by atoms with Gasteiger partial charge in [-0.25, -0.2) is 0 Å². The summed E-state index contributed by atoms with van der Waals surface area (Å²) in [5.74, 6) is 1.46. The molecule has 4 nitrogen and oxygen atoms in total. The van der Waals surface area contributed by atoms with Crippen molar-refractivity contribution in [2.75, 3.05) is 7.05 Å². The van der Waals surface area contributed by atoms with E-state index in [0.29, 0.717) is 12.0 Å². The van der Waals surface area contributed by atoms with Gasteiger partial charge in [-0.15, -0.1) is 5.10 Å². The van der Waals surface area contributed by atoms with Gasteiger partial charge in [0.25, 0.3) is 0 Å². The first-order chi connectivity index (χ1) is 6.77. The maximum atomic E-state index is 5.04. The molecule has 3 unspecified atom stereocenters. The van der Waals surface area contributed by atoms with E-state index in [2.05, 4.69) is 22.3 Å². The summed E-state index contributed by atoms with van der Waals surface area (Å²) in [7, 11) is 2.23. The lowest BCUT2D eigenvalue weighted by Gasteiger charge is -2.19. The molecule has 2 bridgehead atoms. The van der Waals surface area contributed by atoms with Crippen LogP contribution in [0.15, 0.2) is 4.52 Å². The van der Waals surface area contributed by atoms with Crippen LogP contribution in [0.5, 0.6) is 0 Å². The third kappa shape index (κ3) is 0.974. The molecule has 1 aromatic rings. The van der Waals surface area contributed by atoms with Crippen molar-refractivity contribution < 1.29 is 4.52 Å². The minimum atomic E-state index is 0.560. The van der Waals surface area contributed by atoms with Gasteiger partial charge in [0.2, 0.25) is 0 Å². The Bertz CT molecular complexity index is 349. The second kappa shape index (κ2) is 2.79. The average molecular weight is 193 g/mol. The van der Waals surface area contributed by atoms with Gasteiger partial charge in [-0.2, -0.15) is 0 Å². The molecule has 0 spiro atoms. The quantitative estimate of drug-likeness (QED) is 0.674. The minimum absolute atomic E-state index is 0.560. The Morgan fingerprint density at radius 1 is 1.43 bits per heavy atom.